The van der Waals surface area contributed by atoms with Crippen LogP contribution in [0.1, 0.15) is 41.4 Å². The van der Waals surface area contributed by atoms with E-state index in [0.717, 1.165) is 40.1 Å². The van der Waals surface area contributed by atoms with Crippen LogP contribution in [0.5, 0.6) is 0 Å². The van der Waals surface area contributed by atoms with Crippen LogP contribution >= 0.6 is 34.4 Å². The van der Waals surface area contributed by atoms with E-state index in [2.05, 4.69) is 32.7 Å². The van der Waals surface area contributed by atoms with Gasteiger partial charge in [-0.15, -0.1) is 21.5 Å². The van der Waals surface area contributed by atoms with Gasteiger partial charge in [-0.3, -0.25) is 10.1 Å². The lowest BCUT2D eigenvalue weighted by atomic mass is 9.97. The number of carbonyl (C=O) groups excluding carboxylic acids is 1. The van der Waals surface area contributed by atoms with Crippen LogP contribution in [-0.2, 0) is 11.2 Å². The Morgan fingerprint density at radius 2 is 2.26 bits per heavy atom. The molecule has 0 aromatic carbocycles. The molecule has 0 spiro atoms. The van der Waals surface area contributed by atoms with Crippen molar-refractivity contribution >= 4 is 45.5 Å². The summed E-state index contributed by atoms with van der Waals surface area (Å²) in [5, 5.41) is 15.8. The highest BCUT2D eigenvalue weighted by Crippen LogP contribution is 2.32. The summed E-state index contributed by atoms with van der Waals surface area (Å²) in [6.07, 6.45) is 3.27. The van der Waals surface area contributed by atoms with Crippen molar-refractivity contribution in [3.63, 3.8) is 0 Å². The third-order valence-electron chi connectivity index (χ3n) is 3.49. The highest BCUT2D eigenvalue weighted by Gasteiger charge is 2.24. The SMILES string of the molecule is CCSc1nnc(NC(=O)CN[C@@H]2CCCc3sc(C)nc32)s1. The maximum absolute atomic E-state index is 12.1. The Labute approximate surface area is 147 Å². The van der Waals surface area contributed by atoms with Gasteiger partial charge in [-0.05, 0) is 31.9 Å². The van der Waals surface area contributed by atoms with Crippen molar-refractivity contribution in [2.75, 3.05) is 17.6 Å². The molecule has 2 N–H and O–H groups in total. The number of hydrogen-bond acceptors (Lipinski definition) is 8. The average Bonchev–Trinajstić information content (AvgIpc) is 3.11. The third-order valence-corrected chi connectivity index (χ3v) is 6.39. The number of nitrogens with one attached hydrogen (secondary N) is 2. The zero-order valence-electron chi connectivity index (χ0n) is 13.1. The molecule has 2 aromatic rings. The number of amides is 1. The first-order valence-corrected chi connectivity index (χ1v) is 10.2. The molecule has 0 aliphatic heterocycles. The van der Waals surface area contributed by atoms with E-state index in [-0.39, 0.29) is 18.5 Å². The molecular weight excluding hydrogens is 350 g/mol. The Kier molecular flexibility index (Phi) is 5.62. The van der Waals surface area contributed by atoms with Gasteiger partial charge in [-0.2, -0.15) is 0 Å². The van der Waals surface area contributed by atoms with Crippen LogP contribution in [0.15, 0.2) is 4.34 Å². The smallest absolute Gasteiger partial charge is 0.240 e. The lowest BCUT2D eigenvalue weighted by Gasteiger charge is -2.22. The Hall–Kier alpha value is -1.03. The molecule has 124 valence electrons. The zero-order chi connectivity index (χ0) is 16.2. The summed E-state index contributed by atoms with van der Waals surface area (Å²) in [7, 11) is 0. The van der Waals surface area contributed by atoms with Crippen molar-refractivity contribution in [2.45, 2.75) is 43.5 Å². The molecule has 0 bridgehead atoms. The van der Waals surface area contributed by atoms with Gasteiger partial charge in [0.05, 0.1) is 23.3 Å². The predicted octanol–water partition coefficient (Wildman–Crippen LogP) is 3.02. The summed E-state index contributed by atoms with van der Waals surface area (Å²) in [4.78, 5) is 18.1. The van der Waals surface area contributed by atoms with Gasteiger partial charge in [-0.1, -0.05) is 30.0 Å². The van der Waals surface area contributed by atoms with Gasteiger partial charge in [0, 0.05) is 4.88 Å². The van der Waals surface area contributed by atoms with Gasteiger partial charge in [0.2, 0.25) is 11.0 Å². The number of thiazole rings is 1. The van der Waals surface area contributed by atoms with Gasteiger partial charge in [0.25, 0.3) is 0 Å². The van der Waals surface area contributed by atoms with E-state index < -0.39 is 0 Å². The van der Waals surface area contributed by atoms with Crippen molar-refractivity contribution in [3.8, 4) is 0 Å². The number of nitrogens with zero attached hydrogens (tertiary/aromatic N) is 3. The van der Waals surface area contributed by atoms with Crippen LogP contribution in [0, 0.1) is 6.92 Å². The van der Waals surface area contributed by atoms with Gasteiger partial charge in [0.15, 0.2) is 4.34 Å². The minimum atomic E-state index is -0.0896. The van der Waals surface area contributed by atoms with E-state index in [0.29, 0.717) is 5.13 Å². The molecule has 0 saturated carbocycles. The molecule has 1 amide bonds. The number of carbonyl (C=O) groups is 1. The Bertz CT molecular complexity index is 684. The quantitative estimate of drug-likeness (QED) is 0.602. The lowest BCUT2D eigenvalue weighted by Crippen LogP contribution is -2.33. The molecule has 23 heavy (non-hydrogen) atoms. The molecule has 3 rings (SSSR count). The summed E-state index contributed by atoms with van der Waals surface area (Å²) in [6, 6.07) is 0.176. The summed E-state index contributed by atoms with van der Waals surface area (Å²) < 4.78 is 0.880. The van der Waals surface area contributed by atoms with Crippen LogP contribution in [-0.4, -0.2) is 33.4 Å². The Balaban J connectivity index is 1.53. The van der Waals surface area contributed by atoms with Crippen molar-refractivity contribution in [1.29, 1.82) is 0 Å². The van der Waals surface area contributed by atoms with Crippen molar-refractivity contribution in [1.82, 2.24) is 20.5 Å². The fraction of sp³-hybridized carbons (Fsp3) is 0.571. The molecule has 0 radical (unpaired) electrons. The average molecular weight is 370 g/mol. The fourth-order valence-electron chi connectivity index (χ4n) is 2.56. The van der Waals surface area contributed by atoms with Crippen LogP contribution in [0.4, 0.5) is 5.13 Å². The molecule has 0 fully saturated rings. The van der Waals surface area contributed by atoms with Crippen LogP contribution < -0.4 is 10.6 Å². The minimum Gasteiger partial charge on any atom is -0.300 e. The predicted molar refractivity (Wildman–Crippen MR) is 95.5 cm³/mol. The molecule has 2 aromatic heterocycles. The van der Waals surface area contributed by atoms with Crippen LogP contribution in [0.2, 0.25) is 0 Å². The maximum Gasteiger partial charge on any atom is 0.240 e. The van der Waals surface area contributed by atoms with E-state index >= 15 is 0 Å². The number of rotatable bonds is 6. The molecule has 2 heterocycles. The van der Waals surface area contributed by atoms with Gasteiger partial charge in [0.1, 0.15) is 0 Å². The third kappa shape index (κ3) is 4.28. The number of anilines is 1. The Morgan fingerprint density at radius 3 is 3.09 bits per heavy atom. The minimum absolute atomic E-state index is 0.0896. The molecule has 0 unspecified atom stereocenters. The van der Waals surface area contributed by atoms with Crippen LogP contribution in [0.3, 0.4) is 0 Å². The molecule has 1 atom stereocenters. The second kappa shape index (κ2) is 7.69. The largest absolute Gasteiger partial charge is 0.300 e. The van der Waals surface area contributed by atoms with E-state index in [1.165, 1.54) is 16.2 Å². The summed E-state index contributed by atoms with van der Waals surface area (Å²) in [6.45, 7) is 4.36. The van der Waals surface area contributed by atoms with Crippen molar-refractivity contribution in [2.24, 2.45) is 0 Å². The van der Waals surface area contributed by atoms with Gasteiger partial charge < -0.3 is 5.32 Å². The second-order valence-electron chi connectivity index (χ2n) is 5.22. The molecule has 1 aliphatic rings. The maximum atomic E-state index is 12.1. The number of aromatic nitrogens is 3. The fourth-order valence-corrected chi connectivity index (χ4v) is 5.26. The van der Waals surface area contributed by atoms with Crippen molar-refractivity contribution in [3.05, 3.63) is 15.6 Å². The van der Waals surface area contributed by atoms with Crippen LogP contribution in [0.25, 0.3) is 0 Å². The summed E-state index contributed by atoms with van der Waals surface area (Å²) in [5.41, 5.74) is 1.13. The van der Waals surface area contributed by atoms with E-state index in [1.807, 2.05) is 6.92 Å². The zero-order valence-corrected chi connectivity index (χ0v) is 15.5. The highest BCUT2D eigenvalue weighted by molar-refractivity contribution is 8.01. The number of aryl methyl sites for hydroxylation is 2. The topological polar surface area (TPSA) is 79.8 Å². The summed E-state index contributed by atoms with van der Waals surface area (Å²) in [5.74, 6) is 0.856. The highest BCUT2D eigenvalue weighted by atomic mass is 32.2. The first-order chi connectivity index (χ1) is 11.2. The summed E-state index contributed by atoms with van der Waals surface area (Å²) >= 11 is 4.80. The molecule has 0 saturated heterocycles. The number of fused-ring (bicyclic) bond motifs is 1. The van der Waals surface area contributed by atoms with E-state index in [9.17, 15) is 4.79 Å². The standard InChI is InChI=1S/C14H19N5OS3/c1-3-21-14-19-18-13(23-14)17-11(20)7-15-9-5-4-6-10-12(9)16-8(2)22-10/h9,15H,3-7H2,1-2H3,(H,17,18,20)/t9-/m1/s1. The van der Waals surface area contributed by atoms with E-state index in [1.54, 1.807) is 23.1 Å². The molecular formula is C14H19N5OS3. The first kappa shape index (κ1) is 16.8. The number of hydrogen-bond donors (Lipinski definition) is 2. The van der Waals surface area contributed by atoms with Crippen molar-refractivity contribution < 1.29 is 4.79 Å². The Morgan fingerprint density at radius 1 is 1.39 bits per heavy atom. The second-order valence-corrected chi connectivity index (χ2v) is 9.00. The number of thioether (sulfide) groups is 1. The molecule has 9 heteroatoms. The van der Waals surface area contributed by atoms with Gasteiger partial charge in [-0.25, -0.2) is 4.98 Å². The monoisotopic (exact) mass is 369 g/mol. The normalized spacial score (nSPS) is 17.0. The molecule has 1 aliphatic carbocycles. The van der Waals surface area contributed by atoms with E-state index in [4.69, 9.17) is 0 Å². The first-order valence-electron chi connectivity index (χ1n) is 7.61. The molecule has 6 nitrogen and oxygen atoms in total. The van der Waals surface area contributed by atoms with Gasteiger partial charge >= 0.3 is 0 Å². The lowest BCUT2D eigenvalue weighted by molar-refractivity contribution is -0.115.